The summed E-state index contributed by atoms with van der Waals surface area (Å²) in [6, 6.07) is 8.04. The molecule has 1 fully saturated rings. The number of hydrogen-bond acceptors (Lipinski definition) is 4. The predicted molar refractivity (Wildman–Crippen MR) is 73.8 cm³/mol. The SMILES string of the molecule is C[C@@H]1CN(c2ccc(S(C)(=O)=O)cc2)C[C@H](C)N1. The molecule has 0 spiro atoms. The van der Waals surface area contributed by atoms with Gasteiger partial charge in [-0.05, 0) is 38.1 Å². The first-order chi connectivity index (χ1) is 8.36. The van der Waals surface area contributed by atoms with Gasteiger partial charge in [-0.2, -0.15) is 0 Å². The lowest BCUT2D eigenvalue weighted by Crippen LogP contribution is -2.54. The second-order valence-electron chi connectivity index (χ2n) is 5.14. The third-order valence-electron chi connectivity index (χ3n) is 3.19. The van der Waals surface area contributed by atoms with Crippen LogP contribution in [0.25, 0.3) is 0 Å². The molecule has 1 aromatic carbocycles. The minimum absolute atomic E-state index is 0.377. The highest BCUT2D eigenvalue weighted by Crippen LogP contribution is 2.20. The van der Waals surface area contributed by atoms with E-state index < -0.39 is 9.84 Å². The fraction of sp³-hybridized carbons (Fsp3) is 0.538. The van der Waals surface area contributed by atoms with Crippen LogP contribution in [0.15, 0.2) is 29.2 Å². The van der Waals surface area contributed by atoms with Crippen molar-refractivity contribution >= 4 is 15.5 Å². The Morgan fingerprint density at radius 3 is 2.06 bits per heavy atom. The molecule has 0 radical (unpaired) electrons. The molecule has 1 aliphatic heterocycles. The molecule has 1 heterocycles. The lowest BCUT2D eigenvalue weighted by atomic mass is 10.1. The molecular weight excluding hydrogens is 248 g/mol. The van der Waals surface area contributed by atoms with Gasteiger partial charge in [0.1, 0.15) is 0 Å². The second kappa shape index (κ2) is 4.90. The van der Waals surface area contributed by atoms with Crippen LogP contribution in [0.2, 0.25) is 0 Å². The monoisotopic (exact) mass is 268 g/mol. The van der Waals surface area contributed by atoms with E-state index in [2.05, 4.69) is 24.1 Å². The average Bonchev–Trinajstić information content (AvgIpc) is 2.27. The van der Waals surface area contributed by atoms with Crippen molar-refractivity contribution < 1.29 is 8.42 Å². The second-order valence-corrected chi connectivity index (χ2v) is 7.16. The van der Waals surface area contributed by atoms with E-state index in [1.54, 1.807) is 12.1 Å². The molecule has 4 nitrogen and oxygen atoms in total. The fourth-order valence-corrected chi connectivity index (χ4v) is 3.07. The van der Waals surface area contributed by atoms with Gasteiger partial charge in [-0.1, -0.05) is 0 Å². The quantitative estimate of drug-likeness (QED) is 0.878. The summed E-state index contributed by atoms with van der Waals surface area (Å²) in [5.74, 6) is 0. The van der Waals surface area contributed by atoms with E-state index in [0.29, 0.717) is 17.0 Å². The summed E-state index contributed by atoms with van der Waals surface area (Å²) in [6.45, 7) is 6.21. The maximum absolute atomic E-state index is 11.4. The first kappa shape index (κ1) is 13.4. The van der Waals surface area contributed by atoms with Crippen molar-refractivity contribution in [2.24, 2.45) is 0 Å². The number of benzene rings is 1. The molecule has 0 amide bonds. The molecule has 1 aromatic rings. The standard InChI is InChI=1S/C13H20N2O2S/c1-10-8-15(9-11(2)14-10)12-4-6-13(7-5-12)18(3,16)17/h4-7,10-11,14H,8-9H2,1-3H3/t10-,11+. The molecule has 0 aliphatic carbocycles. The van der Waals surface area contributed by atoms with Crippen LogP contribution in [0.3, 0.4) is 0 Å². The fourth-order valence-electron chi connectivity index (χ4n) is 2.44. The number of anilines is 1. The Bertz CT molecular complexity index is 500. The van der Waals surface area contributed by atoms with Gasteiger partial charge in [0.25, 0.3) is 0 Å². The molecule has 0 saturated carbocycles. The van der Waals surface area contributed by atoms with Crippen LogP contribution in [-0.2, 0) is 9.84 Å². The van der Waals surface area contributed by atoms with Gasteiger partial charge in [0.15, 0.2) is 9.84 Å². The molecular formula is C13H20N2O2S. The normalized spacial score (nSPS) is 25.2. The van der Waals surface area contributed by atoms with Crippen molar-refractivity contribution in [3.8, 4) is 0 Å². The summed E-state index contributed by atoms with van der Waals surface area (Å²) in [5, 5.41) is 3.48. The van der Waals surface area contributed by atoms with Gasteiger partial charge >= 0.3 is 0 Å². The summed E-state index contributed by atoms with van der Waals surface area (Å²) in [6.07, 6.45) is 1.23. The van der Waals surface area contributed by atoms with Crippen LogP contribution in [0, 0.1) is 0 Å². The zero-order chi connectivity index (χ0) is 13.3. The third kappa shape index (κ3) is 3.03. The molecule has 5 heteroatoms. The lowest BCUT2D eigenvalue weighted by Gasteiger charge is -2.37. The van der Waals surface area contributed by atoms with Gasteiger partial charge in [0.2, 0.25) is 0 Å². The number of nitrogens with zero attached hydrogens (tertiary/aromatic N) is 1. The van der Waals surface area contributed by atoms with E-state index in [0.717, 1.165) is 18.8 Å². The molecule has 0 unspecified atom stereocenters. The molecule has 1 saturated heterocycles. The Hall–Kier alpha value is -1.07. The highest BCUT2D eigenvalue weighted by molar-refractivity contribution is 7.90. The van der Waals surface area contributed by atoms with Crippen LogP contribution in [0.5, 0.6) is 0 Å². The minimum atomic E-state index is -3.10. The maximum Gasteiger partial charge on any atom is 0.175 e. The number of rotatable bonds is 2. The van der Waals surface area contributed by atoms with Crippen LogP contribution in [0.4, 0.5) is 5.69 Å². The van der Waals surface area contributed by atoms with Crippen molar-refractivity contribution in [3.63, 3.8) is 0 Å². The number of nitrogens with one attached hydrogen (secondary N) is 1. The van der Waals surface area contributed by atoms with Crippen molar-refractivity contribution in [1.82, 2.24) is 5.32 Å². The molecule has 0 bridgehead atoms. The maximum atomic E-state index is 11.4. The predicted octanol–water partition coefficient (Wildman–Crippen LogP) is 1.28. The van der Waals surface area contributed by atoms with E-state index in [1.165, 1.54) is 6.26 Å². The Morgan fingerprint density at radius 2 is 1.61 bits per heavy atom. The van der Waals surface area contributed by atoms with Crippen LogP contribution >= 0.6 is 0 Å². The molecule has 0 aromatic heterocycles. The van der Waals surface area contributed by atoms with E-state index in [-0.39, 0.29) is 0 Å². The Kier molecular flexibility index (Phi) is 3.64. The van der Waals surface area contributed by atoms with Crippen molar-refractivity contribution in [2.45, 2.75) is 30.8 Å². The Balaban J connectivity index is 2.19. The van der Waals surface area contributed by atoms with E-state index in [9.17, 15) is 8.42 Å². The molecule has 18 heavy (non-hydrogen) atoms. The van der Waals surface area contributed by atoms with Crippen LogP contribution in [0.1, 0.15) is 13.8 Å². The van der Waals surface area contributed by atoms with Gasteiger partial charge in [0, 0.05) is 37.1 Å². The topological polar surface area (TPSA) is 49.4 Å². The van der Waals surface area contributed by atoms with Crippen molar-refractivity contribution in [2.75, 3.05) is 24.2 Å². The van der Waals surface area contributed by atoms with E-state index in [4.69, 9.17) is 0 Å². The minimum Gasteiger partial charge on any atom is -0.368 e. The molecule has 100 valence electrons. The Morgan fingerprint density at radius 1 is 1.11 bits per heavy atom. The van der Waals surface area contributed by atoms with E-state index in [1.807, 2.05) is 12.1 Å². The number of hydrogen-bond donors (Lipinski definition) is 1. The van der Waals surface area contributed by atoms with Gasteiger partial charge in [-0.15, -0.1) is 0 Å². The highest BCUT2D eigenvalue weighted by Gasteiger charge is 2.21. The summed E-state index contributed by atoms with van der Waals surface area (Å²) < 4.78 is 22.8. The lowest BCUT2D eigenvalue weighted by molar-refractivity contribution is 0.407. The highest BCUT2D eigenvalue weighted by atomic mass is 32.2. The zero-order valence-corrected chi connectivity index (χ0v) is 11.9. The summed E-state index contributed by atoms with van der Waals surface area (Å²) in [7, 11) is -3.10. The van der Waals surface area contributed by atoms with Gasteiger partial charge in [-0.25, -0.2) is 8.42 Å². The van der Waals surface area contributed by atoms with Crippen molar-refractivity contribution in [3.05, 3.63) is 24.3 Å². The van der Waals surface area contributed by atoms with Crippen LogP contribution in [-0.4, -0.2) is 39.8 Å². The largest absolute Gasteiger partial charge is 0.368 e. The van der Waals surface area contributed by atoms with Crippen LogP contribution < -0.4 is 10.2 Å². The first-order valence-electron chi connectivity index (χ1n) is 6.17. The molecule has 1 N–H and O–H groups in total. The van der Waals surface area contributed by atoms with Gasteiger partial charge in [0.05, 0.1) is 4.90 Å². The summed E-state index contributed by atoms with van der Waals surface area (Å²) in [5.41, 5.74) is 1.09. The zero-order valence-electron chi connectivity index (χ0n) is 11.1. The first-order valence-corrected chi connectivity index (χ1v) is 8.06. The average molecular weight is 268 g/mol. The van der Waals surface area contributed by atoms with Crippen molar-refractivity contribution in [1.29, 1.82) is 0 Å². The van der Waals surface area contributed by atoms with Gasteiger partial charge in [-0.3, -0.25) is 0 Å². The summed E-state index contributed by atoms with van der Waals surface area (Å²) in [4.78, 5) is 2.67. The Labute approximate surface area is 109 Å². The van der Waals surface area contributed by atoms with E-state index >= 15 is 0 Å². The van der Waals surface area contributed by atoms with Gasteiger partial charge < -0.3 is 10.2 Å². The molecule has 2 rings (SSSR count). The molecule has 1 aliphatic rings. The number of piperazine rings is 1. The smallest absolute Gasteiger partial charge is 0.175 e. The summed E-state index contributed by atoms with van der Waals surface area (Å²) >= 11 is 0. The molecule has 2 atom stereocenters. The third-order valence-corrected chi connectivity index (χ3v) is 4.32. The number of sulfone groups is 1.